The molecule has 0 unspecified atom stereocenters. The van der Waals surface area contributed by atoms with Crippen LogP contribution in [0.1, 0.15) is 16.9 Å². The molecule has 0 aliphatic heterocycles. The van der Waals surface area contributed by atoms with Gasteiger partial charge < -0.3 is 9.73 Å². The SMILES string of the molecule is Cc1ccc2oc(CNCc3ccccc3)c(-c3ccc(Br)cc3)c2c1. The zero-order valence-electron chi connectivity index (χ0n) is 14.6. The van der Waals surface area contributed by atoms with E-state index >= 15 is 0 Å². The van der Waals surface area contributed by atoms with Crippen LogP contribution in [0.3, 0.4) is 0 Å². The first kappa shape index (κ1) is 17.1. The van der Waals surface area contributed by atoms with E-state index in [0.717, 1.165) is 22.4 Å². The van der Waals surface area contributed by atoms with Crippen LogP contribution in [0.4, 0.5) is 0 Å². The summed E-state index contributed by atoms with van der Waals surface area (Å²) in [6.07, 6.45) is 0. The van der Waals surface area contributed by atoms with Crippen LogP contribution in [-0.2, 0) is 13.1 Å². The molecule has 3 heteroatoms. The molecule has 26 heavy (non-hydrogen) atoms. The van der Waals surface area contributed by atoms with Gasteiger partial charge in [-0.2, -0.15) is 0 Å². The molecule has 1 aromatic heterocycles. The van der Waals surface area contributed by atoms with Crippen molar-refractivity contribution in [2.45, 2.75) is 20.0 Å². The number of hydrogen-bond acceptors (Lipinski definition) is 2. The lowest BCUT2D eigenvalue weighted by Gasteiger charge is -2.06. The van der Waals surface area contributed by atoms with Crippen LogP contribution in [0.2, 0.25) is 0 Å². The molecular formula is C23H20BrNO. The van der Waals surface area contributed by atoms with Crippen LogP contribution in [-0.4, -0.2) is 0 Å². The number of benzene rings is 3. The van der Waals surface area contributed by atoms with Gasteiger partial charge in [-0.15, -0.1) is 0 Å². The van der Waals surface area contributed by atoms with Crippen molar-refractivity contribution in [2.75, 3.05) is 0 Å². The van der Waals surface area contributed by atoms with E-state index in [0.29, 0.717) is 6.54 Å². The van der Waals surface area contributed by atoms with Crippen molar-refractivity contribution in [1.29, 1.82) is 0 Å². The third-order valence-electron chi connectivity index (χ3n) is 4.51. The molecule has 0 amide bonds. The van der Waals surface area contributed by atoms with E-state index < -0.39 is 0 Å². The monoisotopic (exact) mass is 405 g/mol. The Morgan fingerprint density at radius 3 is 2.42 bits per heavy atom. The Kier molecular flexibility index (Phi) is 4.91. The van der Waals surface area contributed by atoms with Crippen molar-refractivity contribution in [2.24, 2.45) is 0 Å². The topological polar surface area (TPSA) is 25.2 Å². The van der Waals surface area contributed by atoms with Gasteiger partial charge in [-0.1, -0.05) is 70.0 Å². The van der Waals surface area contributed by atoms with Gasteiger partial charge in [-0.05, 0) is 42.3 Å². The highest BCUT2D eigenvalue weighted by molar-refractivity contribution is 9.10. The Morgan fingerprint density at radius 2 is 1.65 bits per heavy atom. The molecule has 0 spiro atoms. The van der Waals surface area contributed by atoms with Crippen molar-refractivity contribution in [3.63, 3.8) is 0 Å². The maximum atomic E-state index is 6.20. The highest BCUT2D eigenvalue weighted by Gasteiger charge is 2.16. The molecule has 0 atom stereocenters. The smallest absolute Gasteiger partial charge is 0.135 e. The quantitative estimate of drug-likeness (QED) is 0.412. The average Bonchev–Trinajstić information content (AvgIpc) is 3.01. The second-order valence-electron chi connectivity index (χ2n) is 6.50. The molecule has 0 aliphatic carbocycles. The summed E-state index contributed by atoms with van der Waals surface area (Å²) in [6, 6.07) is 25.2. The molecule has 2 nitrogen and oxygen atoms in total. The Bertz CT molecular complexity index is 1020. The Hall–Kier alpha value is -2.36. The minimum absolute atomic E-state index is 0.689. The van der Waals surface area contributed by atoms with Crippen molar-refractivity contribution in [3.8, 4) is 11.1 Å². The standard InChI is InChI=1S/C23H20BrNO/c1-16-7-12-21-20(13-16)23(18-8-10-19(24)11-9-18)22(26-21)15-25-14-17-5-3-2-4-6-17/h2-13,25H,14-15H2,1H3. The van der Waals surface area contributed by atoms with Crippen molar-refractivity contribution >= 4 is 26.9 Å². The van der Waals surface area contributed by atoms with E-state index in [4.69, 9.17) is 4.42 Å². The van der Waals surface area contributed by atoms with Crippen LogP contribution >= 0.6 is 15.9 Å². The summed E-state index contributed by atoms with van der Waals surface area (Å²) in [7, 11) is 0. The van der Waals surface area contributed by atoms with Crippen LogP contribution in [0.25, 0.3) is 22.1 Å². The fraction of sp³-hybridized carbons (Fsp3) is 0.130. The predicted octanol–water partition coefficient (Wildman–Crippen LogP) is 6.46. The van der Waals surface area contributed by atoms with Gasteiger partial charge in [0.15, 0.2) is 0 Å². The molecule has 1 N–H and O–H groups in total. The summed E-state index contributed by atoms with van der Waals surface area (Å²) in [6.45, 7) is 3.62. The third-order valence-corrected chi connectivity index (χ3v) is 5.04. The molecule has 130 valence electrons. The molecule has 0 aliphatic rings. The van der Waals surface area contributed by atoms with Gasteiger partial charge >= 0.3 is 0 Å². The number of nitrogens with one attached hydrogen (secondary N) is 1. The van der Waals surface area contributed by atoms with E-state index in [1.807, 2.05) is 6.07 Å². The first-order valence-corrected chi connectivity index (χ1v) is 9.52. The van der Waals surface area contributed by atoms with E-state index in [-0.39, 0.29) is 0 Å². The van der Waals surface area contributed by atoms with Crippen LogP contribution in [0, 0.1) is 6.92 Å². The van der Waals surface area contributed by atoms with Gasteiger partial charge in [0, 0.05) is 22.0 Å². The molecule has 4 rings (SSSR count). The largest absolute Gasteiger partial charge is 0.459 e. The second kappa shape index (κ2) is 7.48. The molecule has 0 fully saturated rings. The van der Waals surface area contributed by atoms with Gasteiger partial charge in [0.1, 0.15) is 11.3 Å². The summed E-state index contributed by atoms with van der Waals surface area (Å²) in [5.41, 5.74) is 5.79. The lowest BCUT2D eigenvalue weighted by atomic mass is 10.0. The number of hydrogen-bond donors (Lipinski definition) is 1. The number of fused-ring (bicyclic) bond motifs is 1. The summed E-state index contributed by atoms with van der Waals surface area (Å²) < 4.78 is 7.28. The van der Waals surface area contributed by atoms with Gasteiger partial charge in [0.05, 0.1) is 6.54 Å². The number of aryl methyl sites for hydroxylation is 1. The highest BCUT2D eigenvalue weighted by Crippen LogP contribution is 2.36. The predicted molar refractivity (Wildman–Crippen MR) is 111 cm³/mol. The van der Waals surface area contributed by atoms with Crippen LogP contribution in [0.15, 0.2) is 81.7 Å². The fourth-order valence-electron chi connectivity index (χ4n) is 3.24. The number of furan rings is 1. The Morgan fingerprint density at radius 1 is 0.885 bits per heavy atom. The van der Waals surface area contributed by atoms with Crippen LogP contribution in [0.5, 0.6) is 0 Å². The first-order chi connectivity index (χ1) is 12.7. The molecule has 4 aromatic rings. The van der Waals surface area contributed by atoms with Gasteiger partial charge in [-0.25, -0.2) is 0 Å². The third kappa shape index (κ3) is 3.59. The number of halogens is 1. The van der Waals surface area contributed by atoms with E-state index in [9.17, 15) is 0 Å². The van der Waals surface area contributed by atoms with E-state index in [2.05, 4.69) is 94.9 Å². The second-order valence-corrected chi connectivity index (χ2v) is 7.41. The molecule has 0 radical (unpaired) electrons. The van der Waals surface area contributed by atoms with E-state index in [1.165, 1.54) is 27.6 Å². The fourth-order valence-corrected chi connectivity index (χ4v) is 3.50. The van der Waals surface area contributed by atoms with Crippen LogP contribution < -0.4 is 5.32 Å². The average molecular weight is 406 g/mol. The minimum Gasteiger partial charge on any atom is -0.459 e. The lowest BCUT2D eigenvalue weighted by Crippen LogP contribution is -2.12. The summed E-state index contributed by atoms with van der Waals surface area (Å²) in [4.78, 5) is 0. The Labute approximate surface area is 162 Å². The molecule has 1 heterocycles. The maximum Gasteiger partial charge on any atom is 0.135 e. The lowest BCUT2D eigenvalue weighted by molar-refractivity contribution is 0.515. The van der Waals surface area contributed by atoms with E-state index in [1.54, 1.807) is 0 Å². The minimum atomic E-state index is 0.689. The molecule has 0 bridgehead atoms. The first-order valence-electron chi connectivity index (χ1n) is 8.73. The summed E-state index contributed by atoms with van der Waals surface area (Å²) in [5, 5.41) is 4.68. The van der Waals surface area contributed by atoms with Crippen molar-refractivity contribution in [3.05, 3.63) is 94.2 Å². The summed E-state index contributed by atoms with van der Waals surface area (Å²) >= 11 is 3.52. The molecule has 0 saturated carbocycles. The van der Waals surface area contributed by atoms with Gasteiger partial charge in [0.25, 0.3) is 0 Å². The van der Waals surface area contributed by atoms with Crippen molar-refractivity contribution < 1.29 is 4.42 Å². The molecular weight excluding hydrogens is 386 g/mol. The zero-order chi connectivity index (χ0) is 17.9. The molecule has 3 aromatic carbocycles. The normalized spacial score (nSPS) is 11.2. The summed E-state index contributed by atoms with van der Waals surface area (Å²) in [5.74, 6) is 0.976. The zero-order valence-corrected chi connectivity index (χ0v) is 16.2. The van der Waals surface area contributed by atoms with Crippen molar-refractivity contribution in [1.82, 2.24) is 5.32 Å². The van der Waals surface area contributed by atoms with Gasteiger partial charge in [0.2, 0.25) is 0 Å². The maximum absolute atomic E-state index is 6.20. The molecule has 0 saturated heterocycles. The number of rotatable bonds is 5. The Balaban J connectivity index is 1.69. The van der Waals surface area contributed by atoms with Gasteiger partial charge in [-0.3, -0.25) is 0 Å². The highest BCUT2D eigenvalue weighted by atomic mass is 79.9.